The van der Waals surface area contributed by atoms with Crippen LogP contribution in [0, 0.1) is 5.41 Å². The molecule has 2 nitrogen and oxygen atoms in total. The number of hydrogen-bond donors (Lipinski definition) is 0. The molecule has 0 spiro atoms. The van der Waals surface area contributed by atoms with Crippen LogP contribution in [0.1, 0.15) is 46.5 Å². The van der Waals surface area contributed by atoms with Gasteiger partial charge < -0.3 is 0 Å². The number of carbonyl (C=O) groups is 1. The molecule has 2 heteroatoms. The van der Waals surface area contributed by atoms with E-state index in [1.165, 1.54) is 13.0 Å². The quantitative estimate of drug-likeness (QED) is 0.639. The zero-order valence-electron chi connectivity index (χ0n) is 9.55. The van der Waals surface area contributed by atoms with Crippen molar-refractivity contribution in [1.82, 2.24) is 4.90 Å². The first-order valence-electron chi connectivity index (χ1n) is 5.78. The first kappa shape index (κ1) is 10.2. The van der Waals surface area contributed by atoms with Crippen molar-refractivity contribution in [3.05, 3.63) is 0 Å². The molecule has 2 aliphatic rings. The molecule has 0 aromatic rings. The van der Waals surface area contributed by atoms with Gasteiger partial charge in [0.1, 0.15) is 5.78 Å². The molecule has 1 saturated carbocycles. The summed E-state index contributed by atoms with van der Waals surface area (Å²) < 4.78 is 0. The number of nitrogens with zero attached hydrogens (tertiary/aromatic N) is 1. The zero-order chi connectivity index (χ0) is 10.3. The van der Waals surface area contributed by atoms with Crippen molar-refractivity contribution in [3.63, 3.8) is 0 Å². The van der Waals surface area contributed by atoms with Crippen LogP contribution in [-0.4, -0.2) is 29.3 Å². The van der Waals surface area contributed by atoms with Crippen molar-refractivity contribution in [3.8, 4) is 0 Å². The Kier molecular flexibility index (Phi) is 2.42. The third kappa shape index (κ3) is 1.60. The lowest BCUT2D eigenvalue weighted by atomic mass is 9.70. The van der Waals surface area contributed by atoms with Gasteiger partial charge in [-0.05, 0) is 25.2 Å². The average Bonchev–Trinajstić information content (AvgIpc) is 2.10. The average molecular weight is 195 g/mol. The highest BCUT2D eigenvalue weighted by Crippen LogP contribution is 2.40. The molecule has 1 saturated heterocycles. The minimum Gasteiger partial charge on any atom is -0.300 e. The van der Waals surface area contributed by atoms with Crippen molar-refractivity contribution in [1.29, 1.82) is 0 Å². The third-order valence-corrected chi connectivity index (χ3v) is 4.14. The summed E-state index contributed by atoms with van der Waals surface area (Å²) in [6.07, 6.45) is 3.96. The van der Waals surface area contributed by atoms with E-state index in [-0.39, 0.29) is 0 Å². The van der Waals surface area contributed by atoms with E-state index in [4.69, 9.17) is 0 Å². The Labute approximate surface area is 86.7 Å². The number of rotatable bonds is 1. The monoisotopic (exact) mass is 195 g/mol. The van der Waals surface area contributed by atoms with Gasteiger partial charge in [0.2, 0.25) is 0 Å². The van der Waals surface area contributed by atoms with Gasteiger partial charge in [0, 0.05) is 31.5 Å². The number of carbonyl (C=O) groups excluding carboxylic acids is 1. The lowest BCUT2D eigenvalue weighted by Crippen LogP contribution is -2.58. The van der Waals surface area contributed by atoms with Gasteiger partial charge in [-0.2, -0.15) is 0 Å². The number of likely N-dealkylation sites (tertiary alicyclic amines) is 1. The highest BCUT2D eigenvalue weighted by Gasteiger charge is 2.43. The van der Waals surface area contributed by atoms with Crippen LogP contribution in [0.5, 0.6) is 0 Å². The van der Waals surface area contributed by atoms with Gasteiger partial charge in [0.15, 0.2) is 0 Å². The Morgan fingerprint density at radius 2 is 2.14 bits per heavy atom. The van der Waals surface area contributed by atoms with Crippen LogP contribution in [0.25, 0.3) is 0 Å². The molecule has 0 radical (unpaired) electrons. The Morgan fingerprint density at radius 3 is 2.64 bits per heavy atom. The van der Waals surface area contributed by atoms with Crippen LogP contribution < -0.4 is 0 Å². The lowest BCUT2D eigenvalue weighted by molar-refractivity contribution is -0.128. The van der Waals surface area contributed by atoms with Crippen molar-refractivity contribution in [2.75, 3.05) is 6.54 Å². The molecule has 14 heavy (non-hydrogen) atoms. The molecule has 2 unspecified atom stereocenters. The number of ketones is 1. The highest BCUT2D eigenvalue weighted by molar-refractivity contribution is 5.80. The second kappa shape index (κ2) is 3.34. The minimum absolute atomic E-state index is 0.336. The van der Waals surface area contributed by atoms with E-state index in [2.05, 4.69) is 25.7 Å². The molecule has 80 valence electrons. The molecule has 2 atom stereocenters. The molecule has 0 bridgehead atoms. The molecule has 2 rings (SSSR count). The van der Waals surface area contributed by atoms with E-state index in [0.717, 1.165) is 19.3 Å². The summed E-state index contributed by atoms with van der Waals surface area (Å²) in [5.74, 6) is 0.466. The standard InChI is InChI=1S/C12H21NO/c1-9-5-7-13(9)11-8-10(14)4-6-12(11,2)3/h9,11H,4-8H2,1-3H3. The van der Waals surface area contributed by atoms with Crippen molar-refractivity contribution >= 4 is 5.78 Å². The minimum atomic E-state index is 0.336. The molecule has 0 amide bonds. The van der Waals surface area contributed by atoms with Crippen LogP contribution >= 0.6 is 0 Å². The van der Waals surface area contributed by atoms with Gasteiger partial charge in [0.05, 0.1) is 0 Å². The number of hydrogen-bond acceptors (Lipinski definition) is 2. The van der Waals surface area contributed by atoms with Crippen LogP contribution in [0.4, 0.5) is 0 Å². The third-order valence-electron chi connectivity index (χ3n) is 4.14. The topological polar surface area (TPSA) is 20.3 Å². The summed E-state index contributed by atoms with van der Waals surface area (Å²) in [7, 11) is 0. The maximum atomic E-state index is 11.5. The lowest BCUT2D eigenvalue weighted by Gasteiger charge is -2.52. The van der Waals surface area contributed by atoms with Gasteiger partial charge in [-0.25, -0.2) is 0 Å². The molecule has 0 N–H and O–H groups in total. The summed E-state index contributed by atoms with van der Waals surface area (Å²) in [5.41, 5.74) is 0.336. The maximum Gasteiger partial charge on any atom is 0.134 e. The molecule has 0 aromatic carbocycles. The van der Waals surface area contributed by atoms with E-state index < -0.39 is 0 Å². The summed E-state index contributed by atoms with van der Waals surface area (Å²) in [4.78, 5) is 14.0. The van der Waals surface area contributed by atoms with Gasteiger partial charge in [0.25, 0.3) is 0 Å². The molecular weight excluding hydrogens is 174 g/mol. The van der Waals surface area contributed by atoms with Crippen LogP contribution in [-0.2, 0) is 4.79 Å². The van der Waals surface area contributed by atoms with E-state index in [9.17, 15) is 4.79 Å². The normalized spacial score (nSPS) is 38.1. The fraction of sp³-hybridized carbons (Fsp3) is 0.917. The largest absolute Gasteiger partial charge is 0.300 e. The maximum absolute atomic E-state index is 11.5. The molecule has 1 heterocycles. The zero-order valence-corrected chi connectivity index (χ0v) is 9.55. The fourth-order valence-electron chi connectivity index (χ4n) is 2.79. The van der Waals surface area contributed by atoms with Crippen molar-refractivity contribution in [2.45, 2.75) is 58.5 Å². The van der Waals surface area contributed by atoms with E-state index in [0.29, 0.717) is 23.3 Å². The van der Waals surface area contributed by atoms with Gasteiger partial charge in [-0.15, -0.1) is 0 Å². The predicted molar refractivity (Wildman–Crippen MR) is 57.2 cm³/mol. The van der Waals surface area contributed by atoms with Crippen LogP contribution in [0.15, 0.2) is 0 Å². The molecule has 2 fully saturated rings. The second-order valence-corrected chi connectivity index (χ2v) is 5.62. The van der Waals surface area contributed by atoms with Gasteiger partial charge in [-0.3, -0.25) is 9.69 Å². The smallest absolute Gasteiger partial charge is 0.134 e. The fourth-order valence-corrected chi connectivity index (χ4v) is 2.79. The van der Waals surface area contributed by atoms with Crippen molar-refractivity contribution in [2.24, 2.45) is 5.41 Å². The Morgan fingerprint density at radius 1 is 1.43 bits per heavy atom. The first-order chi connectivity index (χ1) is 6.50. The van der Waals surface area contributed by atoms with Gasteiger partial charge in [-0.1, -0.05) is 13.8 Å². The Bertz CT molecular complexity index is 247. The number of Topliss-reactive ketones (excluding diaryl/α,β-unsaturated/α-hetero) is 1. The Balaban J connectivity index is 2.09. The molecule has 0 aromatic heterocycles. The summed E-state index contributed by atoms with van der Waals surface area (Å²) in [6, 6.07) is 1.21. The van der Waals surface area contributed by atoms with E-state index >= 15 is 0 Å². The molecule has 1 aliphatic carbocycles. The van der Waals surface area contributed by atoms with Crippen LogP contribution in [0.2, 0.25) is 0 Å². The van der Waals surface area contributed by atoms with E-state index in [1.807, 2.05) is 0 Å². The highest BCUT2D eigenvalue weighted by atomic mass is 16.1. The molecule has 1 aliphatic heterocycles. The van der Waals surface area contributed by atoms with Gasteiger partial charge >= 0.3 is 0 Å². The SMILES string of the molecule is CC1CCN1C1CC(=O)CCC1(C)C. The summed E-state index contributed by atoms with van der Waals surface area (Å²) in [5, 5.41) is 0. The summed E-state index contributed by atoms with van der Waals surface area (Å²) in [6.45, 7) is 8.10. The predicted octanol–water partition coefficient (Wildman–Crippen LogP) is 2.23. The first-order valence-corrected chi connectivity index (χ1v) is 5.78. The van der Waals surface area contributed by atoms with Crippen LogP contribution in [0.3, 0.4) is 0 Å². The summed E-state index contributed by atoms with van der Waals surface area (Å²) >= 11 is 0. The Hall–Kier alpha value is -0.370. The second-order valence-electron chi connectivity index (χ2n) is 5.62. The van der Waals surface area contributed by atoms with E-state index in [1.54, 1.807) is 0 Å². The van der Waals surface area contributed by atoms with Crippen molar-refractivity contribution < 1.29 is 4.79 Å². The molecular formula is C12H21NO.